The lowest BCUT2D eigenvalue weighted by Gasteiger charge is -2.29. The molecule has 1 heterocycles. The van der Waals surface area contributed by atoms with Crippen molar-refractivity contribution < 1.29 is 23.5 Å². The van der Waals surface area contributed by atoms with Crippen molar-refractivity contribution in [3.8, 4) is 11.5 Å². The van der Waals surface area contributed by atoms with E-state index < -0.39 is 5.82 Å². The van der Waals surface area contributed by atoms with Crippen molar-refractivity contribution >= 4 is 34.8 Å². The van der Waals surface area contributed by atoms with E-state index in [-0.39, 0.29) is 37.1 Å². The van der Waals surface area contributed by atoms with Crippen LogP contribution in [0.5, 0.6) is 11.5 Å². The minimum atomic E-state index is -0.394. The molecule has 0 radical (unpaired) electrons. The molecule has 7 nitrogen and oxygen atoms in total. The summed E-state index contributed by atoms with van der Waals surface area (Å²) in [6.45, 7) is -0.0791. The highest BCUT2D eigenvalue weighted by Crippen LogP contribution is 2.29. The molecular weight excluding hydrogens is 413 g/mol. The zero-order chi connectivity index (χ0) is 22.5. The number of amides is 3. The highest BCUT2D eigenvalue weighted by atomic mass is 19.1. The largest absolute Gasteiger partial charge is 0.457 e. The van der Waals surface area contributed by atoms with Crippen molar-refractivity contribution in [3.05, 3.63) is 78.6 Å². The molecule has 0 fully saturated rings. The summed E-state index contributed by atoms with van der Waals surface area (Å²) in [5.74, 6) is -0.441. The number of nitrogens with zero attached hydrogens (tertiary/aromatic N) is 1. The molecule has 4 rings (SSSR count). The van der Waals surface area contributed by atoms with E-state index in [9.17, 15) is 18.8 Å². The highest BCUT2D eigenvalue weighted by Gasteiger charge is 2.26. The molecular formula is C24H20FN3O4. The second-order valence-corrected chi connectivity index (χ2v) is 7.18. The van der Waals surface area contributed by atoms with Crippen LogP contribution in [-0.2, 0) is 14.4 Å². The van der Waals surface area contributed by atoms with Crippen molar-refractivity contribution in [2.75, 3.05) is 22.1 Å². The maximum absolute atomic E-state index is 13.2. The Balaban J connectivity index is 1.30. The van der Waals surface area contributed by atoms with Gasteiger partial charge in [0, 0.05) is 24.6 Å². The molecule has 0 bridgehead atoms. The molecule has 0 atom stereocenters. The topological polar surface area (TPSA) is 87.7 Å². The predicted octanol–water partition coefficient (Wildman–Crippen LogP) is 4.32. The number of para-hydroxylation sites is 2. The molecule has 0 saturated heterocycles. The Morgan fingerprint density at radius 1 is 0.969 bits per heavy atom. The van der Waals surface area contributed by atoms with Gasteiger partial charge in [-0.05, 0) is 48.5 Å². The van der Waals surface area contributed by atoms with Gasteiger partial charge in [-0.25, -0.2) is 4.39 Å². The fraction of sp³-hybridized carbons (Fsp3) is 0.125. The quantitative estimate of drug-likeness (QED) is 0.606. The van der Waals surface area contributed by atoms with Crippen LogP contribution in [0, 0.1) is 5.82 Å². The van der Waals surface area contributed by atoms with Gasteiger partial charge in [0.1, 0.15) is 23.9 Å². The van der Waals surface area contributed by atoms with Crippen molar-refractivity contribution in [2.45, 2.75) is 12.8 Å². The molecule has 3 amide bonds. The lowest BCUT2D eigenvalue weighted by atomic mass is 10.1. The number of anilines is 3. The Labute approximate surface area is 183 Å². The Hall–Kier alpha value is -4.20. The molecule has 162 valence electrons. The van der Waals surface area contributed by atoms with E-state index in [1.54, 1.807) is 60.7 Å². The van der Waals surface area contributed by atoms with Crippen LogP contribution in [0.15, 0.2) is 72.8 Å². The van der Waals surface area contributed by atoms with E-state index >= 15 is 0 Å². The molecule has 0 aliphatic carbocycles. The number of nitrogens with one attached hydrogen (secondary N) is 2. The molecule has 0 unspecified atom stereocenters. The third-order valence-electron chi connectivity index (χ3n) is 4.81. The lowest BCUT2D eigenvalue weighted by molar-refractivity contribution is -0.124. The zero-order valence-electron chi connectivity index (χ0n) is 17.0. The van der Waals surface area contributed by atoms with E-state index in [4.69, 9.17) is 4.74 Å². The Kier molecular flexibility index (Phi) is 6.12. The summed E-state index contributed by atoms with van der Waals surface area (Å²) in [4.78, 5) is 38.2. The minimum Gasteiger partial charge on any atom is -0.457 e. The molecule has 3 aromatic rings. The molecule has 0 aromatic heterocycles. The normalized spacial score (nSPS) is 12.5. The smallest absolute Gasteiger partial charge is 0.244 e. The molecule has 32 heavy (non-hydrogen) atoms. The SMILES string of the molecule is O=C(CCC(=O)N1CC(=O)Nc2ccccc21)Nc1ccc(Oc2cccc(F)c2)cc1. The van der Waals surface area contributed by atoms with E-state index in [1.165, 1.54) is 17.0 Å². The minimum absolute atomic E-state index is 0.0271. The van der Waals surface area contributed by atoms with Crippen LogP contribution in [-0.4, -0.2) is 24.3 Å². The monoisotopic (exact) mass is 433 g/mol. The van der Waals surface area contributed by atoms with Crippen molar-refractivity contribution in [3.63, 3.8) is 0 Å². The molecule has 1 aliphatic rings. The maximum atomic E-state index is 13.2. The number of ether oxygens (including phenoxy) is 1. The highest BCUT2D eigenvalue weighted by molar-refractivity contribution is 6.10. The number of carbonyl (C=O) groups is 3. The van der Waals surface area contributed by atoms with E-state index in [0.717, 1.165) is 0 Å². The van der Waals surface area contributed by atoms with Gasteiger partial charge in [-0.2, -0.15) is 0 Å². The fourth-order valence-corrected chi connectivity index (χ4v) is 3.31. The maximum Gasteiger partial charge on any atom is 0.244 e. The number of hydrogen-bond donors (Lipinski definition) is 2. The summed E-state index contributed by atoms with van der Waals surface area (Å²) in [6, 6.07) is 19.4. The number of rotatable bonds is 6. The summed E-state index contributed by atoms with van der Waals surface area (Å²) < 4.78 is 18.8. The first kappa shape index (κ1) is 21.0. The van der Waals surface area contributed by atoms with Crippen molar-refractivity contribution in [1.82, 2.24) is 0 Å². The first-order valence-electron chi connectivity index (χ1n) is 10.0. The van der Waals surface area contributed by atoms with Gasteiger partial charge in [-0.1, -0.05) is 18.2 Å². The molecule has 3 aromatic carbocycles. The molecule has 0 spiro atoms. The van der Waals surface area contributed by atoms with Crippen molar-refractivity contribution in [1.29, 1.82) is 0 Å². The lowest BCUT2D eigenvalue weighted by Crippen LogP contribution is -2.42. The summed E-state index contributed by atoms with van der Waals surface area (Å²) >= 11 is 0. The number of halogens is 1. The number of fused-ring (bicyclic) bond motifs is 1. The Bertz CT molecular complexity index is 1160. The third kappa shape index (κ3) is 5.10. The van der Waals surface area contributed by atoms with Crippen molar-refractivity contribution in [2.24, 2.45) is 0 Å². The number of benzene rings is 3. The summed E-state index contributed by atoms with van der Waals surface area (Å²) in [7, 11) is 0. The first-order valence-corrected chi connectivity index (χ1v) is 10.0. The second-order valence-electron chi connectivity index (χ2n) is 7.18. The summed E-state index contributed by atoms with van der Waals surface area (Å²) in [5, 5.41) is 5.45. The van der Waals surface area contributed by atoms with Gasteiger partial charge >= 0.3 is 0 Å². The second kappa shape index (κ2) is 9.30. The third-order valence-corrected chi connectivity index (χ3v) is 4.81. The van der Waals surface area contributed by atoms with E-state index in [0.29, 0.717) is 28.6 Å². The van der Waals surface area contributed by atoms with Crippen LogP contribution in [0.1, 0.15) is 12.8 Å². The van der Waals surface area contributed by atoms with E-state index in [2.05, 4.69) is 10.6 Å². The van der Waals surface area contributed by atoms with Crippen LogP contribution in [0.2, 0.25) is 0 Å². The van der Waals surface area contributed by atoms with Crippen LogP contribution in [0.25, 0.3) is 0 Å². The number of hydrogen-bond acceptors (Lipinski definition) is 4. The first-order chi connectivity index (χ1) is 15.5. The zero-order valence-corrected chi connectivity index (χ0v) is 17.0. The van der Waals surface area contributed by atoms with Gasteiger partial charge in [0.15, 0.2) is 0 Å². The fourth-order valence-electron chi connectivity index (χ4n) is 3.31. The van der Waals surface area contributed by atoms with Gasteiger partial charge in [-0.15, -0.1) is 0 Å². The molecule has 0 saturated carbocycles. The van der Waals surface area contributed by atoms with Gasteiger partial charge in [0.2, 0.25) is 17.7 Å². The van der Waals surface area contributed by atoms with E-state index in [1.807, 2.05) is 0 Å². The van der Waals surface area contributed by atoms with Gasteiger partial charge < -0.3 is 20.3 Å². The van der Waals surface area contributed by atoms with Gasteiger partial charge in [0.05, 0.1) is 11.4 Å². The standard InChI is InChI=1S/C24H20FN3O4/c25-16-4-3-5-19(14-16)32-18-10-8-17(9-11-18)26-22(29)12-13-24(31)28-15-23(30)27-20-6-1-2-7-21(20)28/h1-11,14H,12-13,15H2,(H,26,29)(H,27,30). The average Bonchev–Trinajstić information content (AvgIpc) is 2.78. The summed E-state index contributed by atoms with van der Waals surface area (Å²) in [6.07, 6.45) is -0.0606. The predicted molar refractivity (Wildman–Crippen MR) is 118 cm³/mol. The van der Waals surface area contributed by atoms with Gasteiger partial charge in [0.25, 0.3) is 0 Å². The van der Waals surface area contributed by atoms with Crippen LogP contribution >= 0.6 is 0 Å². The molecule has 2 N–H and O–H groups in total. The summed E-state index contributed by atoms with van der Waals surface area (Å²) in [5.41, 5.74) is 1.73. The van der Waals surface area contributed by atoms with Crippen LogP contribution < -0.4 is 20.3 Å². The molecule has 8 heteroatoms. The van der Waals surface area contributed by atoms with Gasteiger partial charge in [-0.3, -0.25) is 14.4 Å². The Morgan fingerprint density at radius 3 is 2.53 bits per heavy atom. The molecule has 1 aliphatic heterocycles. The average molecular weight is 433 g/mol. The number of carbonyl (C=O) groups excluding carboxylic acids is 3. The Morgan fingerprint density at radius 2 is 1.75 bits per heavy atom. The van der Waals surface area contributed by atoms with Crippen LogP contribution in [0.4, 0.5) is 21.5 Å². The van der Waals surface area contributed by atoms with Crippen LogP contribution in [0.3, 0.4) is 0 Å².